The van der Waals surface area contributed by atoms with Crippen molar-refractivity contribution in [3.63, 3.8) is 0 Å². The molecule has 1 atom stereocenters. The number of aryl methyl sites for hydroxylation is 2. The van der Waals surface area contributed by atoms with Crippen molar-refractivity contribution in [2.75, 3.05) is 25.0 Å². The van der Waals surface area contributed by atoms with Crippen LogP contribution in [0.25, 0.3) is 0 Å². The third kappa shape index (κ3) is 4.79. The molecule has 2 N–H and O–H groups in total. The van der Waals surface area contributed by atoms with E-state index in [0.29, 0.717) is 22.7 Å². The molecule has 178 valence electrons. The Morgan fingerprint density at radius 3 is 2.68 bits per heavy atom. The van der Waals surface area contributed by atoms with Crippen molar-refractivity contribution in [3.05, 3.63) is 69.7 Å². The third-order valence-corrected chi connectivity index (χ3v) is 7.88. The lowest BCUT2D eigenvalue weighted by Gasteiger charge is -2.26. The van der Waals surface area contributed by atoms with Crippen molar-refractivity contribution in [1.82, 2.24) is 15.2 Å². The van der Waals surface area contributed by atoms with E-state index in [2.05, 4.69) is 20.5 Å². The molecule has 34 heavy (non-hydrogen) atoms. The minimum absolute atomic E-state index is 0.00282. The molecule has 0 radical (unpaired) electrons. The lowest BCUT2D eigenvalue weighted by Crippen LogP contribution is -2.37. The van der Waals surface area contributed by atoms with Gasteiger partial charge in [-0.2, -0.15) is 0 Å². The first-order chi connectivity index (χ1) is 16.6. The van der Waals surface area contributed by atoms with Gasteiger partial charge in [-0.3, -0.25) is 19.5 Å². The van der Waals surface area contributed by atoms with Crippen molar-refractivity contribution in [1.29, 1.82) is 0 Å². The summed E-state index contributed by atoms with van der Waals surface area (Å²) in [4.78, 5) is 34.0. The molecule has 8 heteroatoms. The predicted octanol–water partition coefficient (Wildman–Crippen LogP) is 4.74. The number of hydrogen-bond donors (Lipinski definition) is 2. The van der Waals surface area contributed by atoms with Crippen molar-refractivity contribution < 1.29 is 14.0 Å². The molecular formula is C26H30N4O3S. The topological polar surface area (TPSA) is 87.5 Å². The maximum Gasteiger partial charge on any atom is 0.257 e. The number of hydrogen-bond acceptors (Lipinski definition) is 6. The molecule has 1 saturated heterocycles. The Morgan fingerprint density at radius 2 is 1.94 bits per heavy atom. The Kier molecular flexibility index (Phi) is 6.78. The van der Waals surface area contributed by atoms with Gasteiger partial charge in [0, 0.05) is 23.8 Å². The van der Waals surface area contributed by atoms with E-state index in [9.17, 15) is 9.59 Å². The Bertz CT molecular complexity index is 1160. The minimum atomic E-state index is -0.248. The number of thiophene rings is 1. The summed E-state index contributed by atoms with van der Waals surface area (Å²) < 4.78 is 5.94. The Labute approximate surface area is 203 Å². The Balaban J connectivity index is 1.38. The van der Waals surface area contributed by atoms with Crippen molar-refractivity contribution in [3.8, 4) is 0 Å². The summed E-state index contributed by atoms with van der Waals surface area (Å²) in [5.41, 5.74) is 2.18. The van der Waals surface area contributed by atoms with E-state index < -0.39 is 0 Å². The molecule has 3 aromatic rings. The maximum absolute atomic E-state index is 13.6. The molecule has 2 aliphatic rings. The number of furan rings is 1. The third-order valence-electron chi connectivity index (χ3n) is 6.68. The van der Waals surface area contributed by atoms with Crippen LogP contribution < -0.4 is 10.6 Å². The van der Waals surface area contributed by atoms with E-state index in [-0.39, 0.29) is 17.9 Å². The fraction of sp³-hybridized carbons (Fsp3) is 0.423. The van der Waals surface area contributed by atoms with E-state index in [1.54, 1.807) is 18.3 Å². The van der Waals surface area contributed by atoms with E-state index in [1.807, 2.05) is 19.1 Å². The quantitative estimate of drug-likeness (QED) is 0.512. The number of rotatable bonds is 7. The SMILES string of the molecule is Cc1ccc(C(CNC(=O)c2c(NC(=O)c3cccnc3)sc3c2CCCC3)N2CCCC2)o1. The molecule has 4 heterocycles. The Hall–Kier alpha value is -2.97. The summed E-state index contributed by atoms with van der Waals surface area (Å²) in [7, 11) is 0. The number of fused-ring (bicyclic) bond motifs is 1. The molecule has 1 fully saturated rings. The van der Waals surface area contributed by atoms with E-state index >= 15 is 0 Å². The van der Waals surface area contributed by atoms with Crippen LogP contribution in [0, 0.1) is 6.92 Å². The number of carbonyl (C=O) groups excluding carboxylic acids is 2. The summed E-state index contributed by atoms with van der Waals surface area (Å²) in [6.07, 6.45) is 9.47. The van der Waals surface area contributed by atoms with Gasteiger partial charge in [-0.25, -0.2) is 0 Å². The van der Waals surface area contributed by atoms with Crippen LogP contribution in [0.5, 0.6) is 0 Å². The second-order valence-electron chi connectivity index (χ2n) is 9.03. The fourth-order valence-corrected chi connectivity index (χ4v) is 6.22. The highest BCUT2D eigenvalue weighted by atomic mass is 32.1. The molecule has 5 rings (SSSR count). The molecule has 0 aromatic carbocycles. The molecule has 1 aliphatic carbocycles. The molecule has 3 aromatic heterocycles. The lowest BCUT2D eigenvalue weighted by atomic mass is 9.95. The van der Waals surface area contributed by atoms with Crippen LogP contribution in [-0.4, -0.2) is 41.3 Å². The van der Waals surface area contributed by atoms with Crippen molar-refractivity contribution in [2.45, 2.75) is 51.5 Å². The Morgan fingerprint density at radius 1 is 1.12 bits per heavy atom. The van der Waals surface area contributed by atoms with Gasteiger partial charge in [0.05, 0.1) is 17.2 Å². The number of aromatic nitrogens is 1. The average Bonchev–Trinajstić information content (AvgIpc) is 3.60. The summed E-state index contributed by atoms with van der Waals surface area (Å²) in [5.74, 6) is 1.38. The number of anilines is 1. The maximum atomic E-state index is 13.6. The highest BCUT2D eigenvalue weighted by molar-refractivity contribution is 7.17. The normalized spacial score (nSPS) is 16.7. The number of likely N-dealkylation sites (tertiary alicyclic amines) is 1. The van der Waals surface area contributed by atoms with Gasteiger partial charge in [0.1, 0.15) is 16.5 Å². The second-order valence-corrected chi connectivity index (χ2v) is 10.1. The molecule has 0 bridgehead atoms. The van der Waals surface area contributed by atoms with E-state index in [1.165, 1.54) is 22.4 Å². The van der Waals surface area contributed by atoms with Crippen LogP contribution in [0.4, 0.5) is 5.00 Å². The first kappa shape index (κ1) is 22.8. The number of nitrogens with zero attached hydrogens (tertiary/aromatic N) is 2. The molecule has 0 saturated carbocycles. The fourth-order valence-electron chi connectivity index (χ4n) is 4.94. The summed E-state index contributed by atoms with van der Waals surface area (Å²) in [6.45, 7) is 4.41. The monoisotopic (exact) mass is 478 g/mol. The molecule has 2 amide bonds. The number of carbonyl (C=O) groups is 2. The van der Waals surface area contributed by atoms with Gasteiger partial charge in [0.15, 0.2) is 0 Å². The summed E-state index contributed by atoms with van der Waals surface area (Å²) in [6, 6.07) is 7.44. The second kappa shape index (κ2) is 10.1. The van der Waals surface area contributed by atoms with Crippen LogP contribution in [0.3, 0.4) is 0 Å². The van der Waals surface area contributed by atoms with E-state index in [4.69, 9.17) is 4.42 Å². The molecule has 1 aliphatic heterocycles. The molecule has 7 nitrogen and oxygen atoms in total. The highest BCUT2D eigenvalue weighted by Gasteiger charge is 2.30. The van der Waals surface area contributed by atoms with Gasteiger partial charge in [-0.1, -0.05) is 0 Å². The summed E-state index contributed by atoms with van der Waals surface area (Å²) >= 11 is 1.53. The minimum Gasteiger partial charge on any atom is -0.465 e. The van der Waals surface area contributed by atoms with Gasteiger partial charge >= 0.3 is 0 Å². The van der Waals surface area contributed by atoms with Gasteiger partial charge in [-0.15, -0.1) is 11.3 Å². The van der Waals surface area contributed by atoms with Crippen LogP contribution in [-0.2, 0) is 12.8 Å². The molecule has 0 spiro atoms. The molecular weight excluding hydrogens is 448 g/mol. The average molecular weight is 479 g/mol. The first-order valence-electron chi connectivity index (χ1n) is 12.0. The zero-order valence-corrected chi connectivity index (χ0v) is 20.2. The van der Waals surface area contributed by atoms with Gasteiger partial charge in [0.2, 0.25) is 0 Å². The number of amides is 2. The van der Waals surface area contributed by atoms with E-state index in [0.717, 1.165) is 68.7 Å². The zero-order valence-electron chi connectivity index (χ0n) is 19.4. The standard InChI is InChI=1S/C26H30N4O3S/c1-17-10-11-21(33-17)20(30-13-4-5-14-30)16-28-25(32)23-19-8-2-3-9-22(19)34-26(23)29-24(31)18-7-6-12-27-15-18/h6-7,10-12,15,20H,2-5,8-9,13-14,16H2,1H3,(H,28,32)(H,29,31). The predicted molar refractivity (Wildman–Crippen MR) is 132 cm³/mol. The number of nitrogens with one attached hydrogen (secondary N) is 2. The van der Waals surface area contributed by atoms with Gasteiger partial charge in [0.25, 0.3) is 11.8 Å². The smallest absolute Gasteiger partial charge is 0.257 e. The molecule has 1 unspecified atom stereocenters. The largest absolute Gasteiger partial charge is 0.465 e. The zero-order chi connectivity index (χ0) is 23.5. The van der Waals surface area contributed by atoms with Crippen LogP contribution >= 0.6 is 11.3 Å². The van der Waals surface area contributed by atoms with Crippen molar-refractivity contribution in [2.24, 2.45) is 0 Å². The number of pyridine rings is 1. The van der Waals surface area contributed by atoms with Crippen molar-refractivity contribution >= 4 is 28.2 Å². The van der Waals surface area contributed by atoms with Gasteiger partial charge < -0.3 is 15.1 Å². The van der Waals surface area contributed by atoms with Crippen LogP contribution in [0.2, 0.25) is 0 Å². The first-order valence-corrected chi connectivity index (χ1v) is 12.9. The van der Waals surface area contributed by atoms with Crippen LogP contribution in [0.1, 0.15) is 74.4 Å². The van der Waals surface area contributed by atoms with Crippen LogP contribution in [0.15, 0.2) is 41.1 Å². The highest BCUT2D eigenvalue weighted by Crippen LogP contribution is 2.38. The van der Waals surface area contributed by atoms with Gasteiger partial charge in [-0.05, 0) is 88.4 Å². The summed E-state index contributed by atoms with van der Waals surface area (Å²) in [5, 5.41) is 6.80. The lowest BCUT2D eigenvalue weighted by molar-refractivity contribution is 0.0933.